The van der Waals surface area contributed by atoms with Crippen LogP contribution in [0.4, 0.5) is 0 Å². The molecule has 0 bridgehead atoms. The van der Waals surface area contributed by atoms with Crippen molar-refractivity contribution in [2.75, 3.05) is 59.8 Å². The molecule has 0 heterocycles. The van der Waals surface area contributed by atoms with Crippen LogP contribution >= 0.6 is 0 Å². The van der Waals surface area contributed by atoms with E-state index in [0.29, 0.717) is 70.6 Å². The fraction of sp³-hybridized carbons (Fsp3) is 0.878. The number of rotatable bonds is 89. The molecule has 4 unspecified atom stereocenters. The number of carbonyl (C=O) groups excluding carboxylic acids is 8. The van der Waals surface area contributed by atoms with Gasteiger partial charge in [0.15, 0.2) is 0 Å². The summed E-state index contributed by atoms with van der Waals surface area (Å²) >= 11 is 0. The van der Waals surface area contributed by atoms with Crippen molar-refractivity contribution in [3.63, 3.8) is 0 Å². The Labute approximate surface area is 701 Å². The molecular weight excluding hydrogens is 1430 g/mol. The lowest BCUT2D eigenvalue weighted by Gasteiger charge is -2.28. The molecule has 2 N–H and O–H groups in total. The fourth-order valence-corrected chi connectivity index (χ4v) is 15.8. The van der Waals surface area contributed by atoms with Crippen molar-refractivity contribution >= 4 is 47.4 Å². The maximum Gasteiger partial charge on any atom is 0.330 e. The second kappa shape index (κ2) is 90.7. The molecule has 16 nitrogen and oxygen atoms in total. The van der Waals surface area contributed by atoms with Gasteiger partial charge in [0.05, 0.1) is 6.61 Å². The number of amides is 2. The first kappa shape index (κ1) is 111. The molecule has 2 amide bonds. The van der Waals surface area contributed by atoms with Gasteiger partial charge < -0.3 is 43.8 Å². The second-order valence-electron chi connectivity index (χ2n) is 33.3. The number of nitrogens with one attached hydrogen (secondary N) is 2. The molecular formula is C98H182N2O14. The van der Waals surface area contributed by atoms with E-state index in [4.69, 9.17) is 23.7 Å². The Morgan fingerprint density at radius 2 is 0.465 bits per heavy atom. The van der Waals surface area contributed by atoms with E-state index in [-0.39, 0.29) is 56.1 Å². The third-order valence-corrected chi connectivity index (χ3v) is 22.9. The maximum atomic E-state index is 12.7. The lowest BCUT2D eigenvalue weighted by atomic mass is 9.78. The standard InChI is InChI=1S/C86H162N2O9.C12H20O5/c1-7-12-16-20-33-46-60-78(64-50-37-25-24-32-45-59-77(6)89)79(61-47-34-21-17-13-8-2)65-51-38-26-29-41-54-68-82(90)87-72-73-88-83(91)69-55-42-30-27-39-52-66-80(62-48-35-22-18-14-9-3)81(63-49-36-23-19-15-10-4)67-53-40-28-31-43-56-70-85(93)95-74-58-44-57-71-86(94)97-76-75-96-84(92)11-5;1-3-11(13)16-9-10-17-12(14)7-5-4-6-8-15-2/h11,78-81H,5,7-10,12-76H2,1-4,6H3,(H,87,90)(H,88,91);3H,1,4-10H2,2H3. The zero-order valence-electron chi connectivity index (χ0n) is 75.3. The van der Waals surface area contributed by atoms with Gasteiger partial charge in [0, 0.05) is 77.5 Å². The Morgan fingerprint density at radius 3 is 0.719 bits per heavy atom. The van der Waals surface area contributed by atoms with Crippen LogP contribution in [0.15, 0.2) is 25.3 Å². The van der Waals surface area contributed by atoms with E-state index in [1.807, 2.05) is 0 Å². The third kappa shape index (κ3) is 83.9. The molecule has 0 aromatic carbocycles. The molecule has 0 aromatic rings. The monoisotopic (exact) mass is 1610 g/mol. The normalized spacial score (nSPS) is 12.2. The highest BCUT2D eigenvalue weighted by Crippen LogP contribution is 2.36. The molecule has 0 aliphatic carbocycles. The molecule has 0 saturated heterocycles. The quantitative estimate of drug-likeness (QED) is 0.0251. The molecule has 16 heteroatoms. The van der Waals surface area contributed by atoms with Crippen LogP contribution in [0.5, 0.6) is 0 Å². The minimum absolute atomic E-state index is 0.0194. The first-order valence-corrected chi connectivity index (χ1v) is 48.3. The summed E-state index contributed by atoms with van der Waals surface area (Å²) < 4.78 is 29.7. The first-order chi connectivity index (χ1) is 55.7. The summed E-state index contributed by atoms with van der Waals surface area (Å²) in [5.74, 6) is 2.22. The van der Waals surface area contributed by atoms with Gasteiger partial charge in [-0.05, 0) is 88.4 Å². The number of ketones is 1. The SMILES string of the molecule is C=CC(=O)OCCOC(=O)CCCCCOC.C=CC(=O)OCCOC(=O)CCCCCOC(=O)CCCCCCCCC(CCCCCCCC)C(CCCCCCCC)CCCCCCCCC(=O)NCCNC(=O)CCCCCCCCC(CCCCCCCC)C(CCCCCCCC)CCCCCCCCC(C)=O. The number of ether oxygens (including phenoxy) is 6. The van der Waals surface area contributed by atoms with Crippen LogP contribution in [-0.4, -0.2) is 107 Å². The van der Waals surface area contributed by atoms with Crippen LogP contribution < -0.4 is 10.6 Å². The van der Waals surface area contributed by atoms with Gasteiger partial charge in [0.1, 0.15) is 32.2 Å². The Kier molecular flexibility index (Phi) is 88.7. The highest BCUT2D eigenvalue weighted by molar-refractivity contribution is 5.81. The molecule has 114 heavy (non-hydrogen) atoms. The average molecular weight is 1610 g/mol. The van der Waals surface area contributed by atoms with Gasteiger partial charge in [-0.1, -0.05) is 381 Å². The van der Waals surface area contributed by atoms with Gasteiger partial charge in [0.2, 0.25) is 11.8 Å². The van der Waals surface area contributed by atoms with E-state index in [9.17, 15) is 38.4 Å². The molecule has 0 fully saturated rings. The van der Waals surface area contributed by atoms with Crippen molar-refractivity contribution in [3.05, 3.63) is 25.3 Å². The summed E-state index contributed by atoms with van der Waals surface area (Å²) in [5.41, 5.74) is 0. The average Bonchev–Trinajstić information content (AvgIpc) is 0.919. The summed E-state index contributed by atoms with van der Waals surface area (Å²) in [6, 6.07) is 0. The predicted octanol–water partition coefficient (Wildman–Crippen LogP) is 26.6. The highest BCUT2D eigenvalue weighted by Gasteiger charge is 2.23. The number of unbranched alkanes of at least 4 members (excludes halogenated alkanes) is 44. The van der Waals surface area contributed by atoms with Crippen molar-refractivity contribution in [2.45, 2.75) is 471 Å². The van der Waals surface area contributed by atoms with Gasteiger partial charge in [-0.25, -0.2) is 9.59 Å². The Morgan fingerprint density at radius 1 is 0.254 bits per heavy atom. The van der Waals surface area contributed by atoms with E-state index >= 15 is 0 Å². The number of carbonyl (C=O) groups is 8. The Hall–Kier alpha value is -4.60. The van der Waals surface area contributed by atoms with E-state index in [1.165, 1.54) is 315 Å². The van der Waals surface area contributed by atoms with Gasteiger partial charge in [0.25, 0.3) is 0 Å². The number of hydrogen-bond acceptors (Lipinski definition) is 14. The molecule has 4 atom stereocenters. The third-order valence-electron chi connectivity index (χ3n) is 22.9. The first-order valence-electron chi connectivity index (χ1n) is 48.3. The predicted molar refractivity (Wildman–Crippen MR) is 474 cm³/mol. The molecule has 0 aliphatic heterocycles. The summed E-state index contributed by atoms with van der Waals surface area (Å²) in [4.78, 5) is 94.0. The molecule has 0 aromatic heterocycles. The van der Waals surface area contributed by atoms with Gasteiger partial charge in [-0.2, -0.15) is 0 Å². The van der Waals surface area contributed by atoms with Crippen LogP contribution in [0.2, 0.25) is 0 Å². The zero-order chi connectivity index (χ0) is 83.7. The van der Waals surface area contributed by atoms with Crippen LogP contribution in [0.25, 0.3) is 0 Å². The van der Waals surface area contributed by atoms with E-state index in [0.717, 1.165) is 119 Å². The Bertz CT molecular complexity index is 2210. The number of hydrogen-bond donors (Lipinski definition) is 2. The smallest absolute Gasteiger partial charge is 0.330 e. The molecule has 0 aliphatic rings. The van der Waals surface area contributed by atoms with Crippen molar-refractivity contribution in [1.29, 1.82) is 0 Å². The topological polar surface area (TPSA) is 216 Å². The van der Waals surface area contributed by atoms with Crippen molar-refractivity contribution in [1.82, 2.24) is 10.6 Å². The second-order valence-corrected chi connectivity index (χ2v) is 33.3. The minimum Gasteiger partial charge on any atom is -0.466 e. The molecule has 0 rings (SSSR count). The van der Waals surface area contributed by atoms with Gasteiger partial charge in [-0.3, -0.25) is 24.0 Å². The molecule has 0 radical (unpaired) electrons. The van der Waals surface area contributed by atoms with E-state index in [2.05, 4.69) is 56.2 Å². The lowest BCUT2D eigenvalue weighted by Crippen LogP contribution is -2.34. The number of esters is 5. The largest absolute Gasteiger partial charge is 0.466 e. The summed E-state index contributed by atoms with van der Waals surface area (Å²) in [6.07, 6.45) is 83.1. The van der Waals surface area contributed by atoms with Crippen molar-refractivity contribution < 1.29 is 66.8 Å². The number of methoxy groups -OCH3 is 1. The van der Waals surface area contributed by atoms with Crippen molar-refractivity contribution in [2.24, 2.45) is 23.7 Å². The molecule has 0 spiro atoms. The van der Waals surface area contributed by atoms with Crippen LogP contribution in [0.1, 0.15) is 471 Å². The summed E-state index contributed by atoms with van der Waals surface area (Å²) in [7, 11) is 1.65. The minimum atomic E-state index is -0.537. The maximum absolute atomic E-state index is 12.7. The van der Waals surface area contributed by atoms with E-state index < -0.39 is 11.9 Å². The summed E-state index contributed by atoms with van der Waals surface area (Å²) in [6.45, 7) is 19.9. The summed E-state index contributed by atoms with van der Waals surface area (Å²) in [5, 5.41) is 6.12. The highest BCUT2D eigenvalue weighted by atomic mass is 16.6. The van der Waals surface area contributed by atoms with Crippen LogP contribution in [0, 0.1) is 23.7 Å². The molecule has 668 valence electrons. The molecule has 0 saturated carbocycles. The van der Waals surface area contributed by atoms with Crippen LogP contribution in [-0.2, 0) is 66.8 Å². The number of Topliss-reactive ketones (excluding diaryl/α,β-unsaturated/α-hetero) is 1. The van der Waals surface area contributed by atoms with Crippen LogP contribution in [0.3, 0.4) is 0 Å². The zero-order valence-corrected chi connectivity index (χ0v) is 75.3. The van der Waals surface area contributed by atoms with E-state index in [1.54, 1.807) is 14.0 Å². The lowest BCUT2D eigenvalue weighted by molar-refractivity contribution is -0.149. The van der Waals surface area contributed by atoms with Crippen molar-refractivity contribution in [3.8, 4) is 0 Å². The van der Waals surface area contributed by atoms with Gasteiger partial charge in [-0.15, -0.1) is 0 Å². The fourth-order valence-electron chi connectivity index (χ4n) is 15.8. The van der Waals surface area contributed by atoms with Gasteiger partial charge >= 0.3 is 29.8 Å². The Balaban J connectivity index is 0.